The van der Waals surface area contributed by atoms with Crippen LogP contribution in [0.4, 0.5) is 4.39 Å². The van der Waals surface area contributed by atoms with E-state index in [9.17, 15) is 9.18 Å². The number of ether oxygens (including phenoxy) is 1. The van der Waals surface area contributed by atoms with Gasteiger partial charge in [0.05, 0.1) is 12.8 Å². The number of halogens is 1. The number of benzene rings is 3. The largest absolute Gasteiger partial charge is 0.493 e. The number of carbonyl (C=O) groups is 1. The summed E-state index contributed by atoms with van der Waals surface area (Å²) in [4.78, 5) is 12.1. The van der Waals surface area contributed by atoms with Crippen molar-refractivity contribution in [3.05, 3.63) is 77.6 Å². The molecule has 0 atom stereocenters. The second kappa shape index (κ2) is 8.25. The Hall–Kier alpha value is -3.21. The third-order valence-corrected chi connectivity index (χ3v) is 3.86. The highest BCUT2D eigenvalue weighted by Crippen LogP contribution is 2.26. The van der Waals surface area contributed by atoms with E-state index < -0.39 is 11.7 Å². The van der Waals surface area contributed by atoms with Gasteiger partial charge in [-0.15, -0.1) is 0 Å². The highest BCUT2D eigenvalue weighted by Gasteiger charge is 2.08. The Labute approximate surface area is 151 Å². The predicted octanol–water partition coefficient (Wildman–Crippen LogP) is 4.53. The molecule has 0 saturated carbocycles. The molecule has 0 bridgehead atoms. The number of amides is 1. The van der Waals surface area contributed by atoms with Crippen LogP contribution in [-0.2, 0) is 0 Å². The summed E-state index contributed by atoms with van der Waals surface area (Å²) < 4.78 is 18.7. The maximum atomic E-state index is 12.9. The number of nitrogens with one attached hydrogen (secondary N) is 1. The maximum Gasteiger partial charge on any atom is 0.271 e. The first-order valence-corrected chi connectivity index (χ1v) is 8.42. The molecule has 1 amide bonds. The molecule has 4 nitrogen and oxygen atoms in total. The maximum absolute atomic E-state index is 12.9. The minimum atomic E-state index is -0.405. The van der Waals surface area contributed by atoms with Gasteiger partial charge in [0, 0.05) is 11.1 Å². The zero-order valence-corrected chi connectivity index (χ0v) is 14.4. The van der Waals surface area contributed by atoms with Gasteiger partial charge in [-0.25, -0.2) is 9.82 Å². The number of nitrogens with zero attached hydrogens (tertiary/aromatic N) is 1. The van der Waals surface area contributed by atoms with Crippen LogP contribution in [0, 0.1) is 5.82 Å². The summed E-state index contributed by atoms with van der Waals surface area (Å²) in [6.45, 7) is 2.64. The average molecular weight is 350 g/mol. The van der Waals surface area contributed by atoms with Gasteiger partial charge in [-0.1, -0.05) is 37.3 Å². The van der Waals surface area contributed by atoms with Gasteiger partial charge < -0.3 is 4.74 Å². The fourth-order valence-corrected chi connectivity index (χ4v) is 2.57. The van der Waals surface area contributed by atoms with Crippen LogP contribution < -0.4 is 10.2 Å². The molecule has 3 aromatic rings. The van der Waals surface area contributed by atoms with Crippen molar-refractivity contribution in [2.24, 2.45) is 5.10 Å². The van der Waals surface area contributed by atoms with Gasteiger partial charge in [-0.05, 0) is 47.5 Å². The van der Waals surface area contributed by atoms with E-state index in [1.807, 2.05) is 43.3 Å². The normalized spacial score (nSPS) is 11.0. The number of rotatable bonds is 6. The molecule has 0 saturated heterocycles. The molecule has 3 aromatic carbocycles. The SMILES string of the molecule is CCCOc1ccc2ccccc2c1/C=N\NC(=O)c1ccc(F)cc1. The predicted molar refractivity (Wildman–Crippen MR) is 101 cm³/mol. The lowest BCUT2D eigenvalue weighted by molar-refractivity contribution is 0.0955. The lowest BCUT2D eigenvalue weighted by Gasteiger charge is -2.11. The topological polar surface area (TPSA) is 50.7 Å². The van der Waals surface area contributed by atoms with Crippen LogP contribution in [0.25, 0.3) is 10.8 Å². The molecule has 0 radical (unpaired) electrons. The van der Waals surface area contributed by atoms with Crippen LogP contribution >= 0.6 is 0 Å². The van der Waals surface area contributed by atoms with Crippen molar-refractivity contribution < 1.29 is 13.9 Å². The Kier molecular flexibility index (Phi) is 5.59. The molecule has 0 unspecified atom stereocenters. The van der Waals surface area contributed by atoms with Crippen LogP contribution in [0.3, 0.4) is 0 Å². The summed E-state index contributed by atoms with van der Waals surface area (Å²) in [5.74, 6) is -0.0821. The lowest BCUT2D eigenvalue weighted by Crippen LogP contribution is -2.17. The van der Waals surface area contributed by atoms with Gasteiger partial charge in [-0.3, -0.25) is 4.79 Å². The van der Waals surface area contributed by atoms with Gasteiger partial charge in [0.2, 0.25) is 0 Å². The summed E-state index contributed by atoms with van der Waals surface area (Å²) in [6.07, 6.45) is 2.47. The zero-order valence-electron chi connectivity index (χ0n) is 14.4. The minimum Gasteiger partial charge on any atom is -0.493 e. The summed E-state index contributed by atoms with van der Waals surface area (Å²) in [7, 11) is 0. The standard InChI is InChI=1S/C21H19FN2O2/c1-2-13-26-20-12-9-15-5-3-4-6-18(15)19(20)14-23-24-21(25)16-7-10-17(22)11-8-16/h3-12,14H,2,13H2,1H3,(H,24,25)/b23-14-. The highest BCUT2D eigenvalue weighted by molar-refractivity contribution is 6.03. The molecule has 0 aliphatic rings. The van der Waals surface area contributed by atoms with E-state index in [4.69, 9.17) is 4.74 Å². The fraction of sp³-hybridized carbons (Fsp3) is 0.143. The van der Waals surface area contributed by atoms with Crippen LogP contribution in [0.2, 0.25) is 0 Å². The number of hydrogen-bond acceptors (Lipinski definition) is 3. The molecule has 132 valence electrons. The van der Waals surface area contributed by atoms with Crippen molar-refractivity contribution >= 4 is 22.9 Å². The monoisotopic (exact) mass is 350 g/mol. The van der Waals surface area contributed by atoms with E-state index in [0.29, 0.717) is 17.9 Å². The van der Waals surface area contributed by atoms with E-state index in [1.54, 1.807) is 6.21 Å². The second-order valence-electron chi connectivity index (χ2n) is 5.75. The van der Waals surface area contributed by atoms with E-state index in [0.717, 1.165) is 22.8 Å². The molecule has 0 spiro atoms. The Morgan fingerprint density at radius 1 is 1.12 bits per heavy atom. The number of hydrogen-bond donors (Lipinski definition) is 1. The van der Waals surface area contributed by atoms with Crippen molar-refractivity contribution in [1.82, 2.24) is 5.43 Å². The van der Waals surface area contributed by atoms with Crippen LogP contribution in [0.1, 0.15) is 29.3 Å². The quantitative estimate of drug-likeness (QED) is 0.524. The van der Waals surface area contributed by atoms with Crippen LogP contribution in [0.5, 0.6) is 5.75 Å². The molecule has 5 heteroatoms. The molecule has 0 aliphatic heterocycles. The zero-order chi connectivity index (χ0) is 18.4. The Bertz CT molecular complexity index is 936. The van der Waals surface area contributed by atoms with Gasteiger partial charge in [-0.2, -0.15) is 5.10 Å². The van der Waals surface area contributed by atoms with Crippen LogP contribution in [-0.4, -0.2) is 18.7 Å². The lowest BCUT2D eigenvalue weighted by atomic mass is 10.0. The van der Waals surface area contributed by atoms with E-state index in [-0.39, 0.29) is 0 Å². The van der Waals surface area contributed by atoms with Crippen molar-refractivity contribution in [3.8, 4) is 5.75 Å². The van der Waals surface area contributed by atoms with E-state index in [2.05, 4.69) is 10.5 Å². The molecule has 0 heterocycles. The second-order valence-corrected chi connectivity index (χ2v) is 5.75. The first kappa shape index (κ1) is 17.6. The van der Waals surface area contributed by atoms with E-state index >= 15 is 0 Å². The summed E-state index contributed by atoms with van der Waals surface area (Å²) in [5, 5.41) is 6.11. The third-order valence-electron chi connectivity index (χ3n) is 3.86. The van der Waals surface area contributed by atoms with Gasteiger partial charge in [0.25, 0.3) is 5.91 Å². The molecule has 1 N–H and O–H groups in total. The van der Waals surface area contributed by atoms with Crippen molar-refractivity contribution in [2.45, 2.75) is 13.3 Å². The Morgan fingerprint density at radius 3 is 2.65 bits per heavy atom. The average Bonchev–Trinajstić information content (AvgIpc) is 2.67. The molecular weight excluding hydrogens is 331 g/mol. The van der Waals surface area contributed by atoms with Crippen LogP contribution in [0.15, 0.2) is 65.8 Å². The smallest absolute Gasteiger partial charge is 0.271 e. The third kappa shape index (κ3) is 4.06. The first-order chi connectivity index (χ1) is 12.7. The number of fused-ring (bicyclic) bond motifs is 1. The minimum absolute atomic E-state index is 0.337. The summed E-state index contributed by atoms with van der Waals surface area (Å²) >= 11 is 0. The first-order valence-electron chi connectivity index (χ1n) is 8.42. The molecule has 0 fully saturated rings. The molecule has 0 aromatic heterocycles. The number of carbonyl (C=O) groups excluding carboxylic acids is 1. The van der Waals surface area contributed by atoms with Crippen molar-refractivity contribution in [3.63, 3.8) is 0 Å². The van der Waals surface area contributed by atoms with E-state index in [1.165, 1.54) is 24.3 Å². The molecule has 3 rings (SSSR count). The number of hydrazone groups is 1. The van der Waals surface area contributed by atoms with Gasteiger partial charge in [0.1, 0.15) is 11.6 Å². The van der Waals surface area contributed by atoms with Crippen molar-refractivity contribution in [1.29, 1.82) is 0 Å². The van der Waals surface area contributed by atoms with Gasteiger partial charge >= 0.3 is 0 Å². The van der Waals surface area contributed by atoms with Crippen molar-refractivity contribution in [2.75, 3.05) is 6.61 Å². The Balaban J connectivity index is 1.85. The fourth-order valence-electron chi connectivity index (χ4n) is 2.57. The molecular formula is C21H19FN2O2. The molecule has 0 aliphatic carbocycles. The van der Waals surface area contributed by atoms with Gasteiger partial charge in [0.15, 0.2) is 0 Å². The molecule has 26 heavy (non-hydrogen) atoms. The Morgan fingerprint density at radius 2 is 1.88 bits per heavy atom. The highest BCUT2D eigenvalue weighted by atomic mass is 19.1. The summed E-state index contributed by atoms with van der Waals surface area (Å²) in [5.41, 5.74) is 3.61. The summed E-state index contributed by atoms with van der Waals surface area (Å²) in [6, 6.07) is 17.1.